The zero-order valence-corrected chi connectivity index (χ0v) is 19.9. The summed E-state index contributed by atoms with van der Waals surface area (Å²) in [5.74, 6) is 0. The summed E-state index contributed by atoms with van der Waals surface area (Å²) in [6.45, 7) is 4.66. The van der Waals surface area contributed by atoms with E-state index in [0.29, 0.717) is 4.09 Å². The number of amides is 1. The lowest BCUT2D eigenvalue weighted by Crippen LogP contribution is -2.36. The smallest absolute Gasteiger partial charge is 0.410 e. The molecule has 3 aromatic rings. The van der Waals surface area contributed by atoms with E-state index in [1.54, 1.807) is 39.0 Å². The Balaban J connectivity index is 1.70. The fourth-order valence-corrected chi connectivity index (χ4v) is 4.91. The first-order valence-electron chi connectivity index (χ1n) is 10.6. The number of pyridine rings is 1. The molecule has 35 heavy (non-hydrogen) atoms. The summed E-state index contributed by atoms with van der Waals surface area (Å²) in [5, 5.41) is 18.4. The van der Waals surface area contributed by atoms with Gasteiger partial charge in [0.05, 0.1) is 34.0 Å². The van der Waals surface area contributed by atoms with Gasteiger partial charge in [-0.05, 0) is 32.9 Å². The van der Waals surface area contributed by atoms with E-state index >= 15 is 0 Å². The molecule has 0 saturated carbocycles. The van der Waals surface area contributed by atoms with Crippen molar-refractivity contribution in [3.8, 4) is 0 Å². The number of carbonyl (C=O) groups excluding carboxylic acids is 1. The summed E-state index contributed by atoms with van der Waals surface area (Å²) in [4.78, 5) is 28.4. The van der Waals surface area contributed by atoms with Crippen molar-refractivity contribution in [2.24, 2.45) is 0 Å². The third kappa shape index (κ3) is 4.73. The summed E-state index contributed by atoms with van der Waals surface area (Å²) in [6.07, 6.45) is -0.266. The second-order valence-electron chi connectivity index (χ2n) is 8.97. The molecule has 1 aliphatic heterocycles. The van der Waals surface area contributed by atoms with Crippen molar-refractivity contribution in [2.45, 2.75) is 43.5 Å². The molecule has 1 aliphatic rings. The van der Waals surface area contributed by atoms with Crippen molar-refractivity contribution in [1.29, 1.82) is 0 Å². The molecular weight excluding hydrogens is 483 g/mol. The zero-order valence-electron chi connectivity index (χ0n) is 19.1. The van der Waals surface area contributed by atoms with Gasteiger partial charge in [-0.25, -0.2) is 14.2 Å². The quantitative estimate of drug-likeness (QED) is 0.407. The fraction of sp³-hybridized carbons (Fsp3) is 0.381. The molecule has 1 aromatic carbocycles. The number of carbonyl (C=O) groups is 1. The van der Waals surface area contributed by atoms with Crippen LogP contribution in [-0.2, 0) is 14.8 Å². The van der Waals surface area contributed by atoms with Crippen molar-refractivity contribution in [1.82, 2.24) is 19.1 Å². The molecule has 2 atom stereocenters. The maximum Gasteiger partial charge on any atom is 0.410 e. The van der Waals surface area contributed by atoms with Crippen LogP contribution in [0.3, 0.4) is 0 Å². The van der Waals surface area contributed by atoms with Crippen molar-refractivity contribution in [3.05, 3.63) is 52.8 Å². The van der Waals surface area contributed by atoms with Crippen LogP contribution in [0, 0.1) is 10.1 Å². The van der Waals surface area contributed by atoms with Gasteiger partial charge in [-0.1, -0.05) is 18.2 Å². The van der Waals surface area contributed by atoms with Crippen LogP contribution in [0.5, 0.6) is 0 Å². The Morgan fingerprint density at radius 1 is 1.23 bits per heavy atom. The highest BCUT2D eigenvalue weighted by molar-refractivity contribution is 7.90. The van der Waals surface area contributed by atoms with Crippen LogP contribution in [0.15, 0.2) is 47.6 Å². The maximum absolute atomic E-state index is 14.9. The van der Waals surface area contributed by atoms with E-state index in [4.69, 9.17) is 4.74 Å². The van der Waals surface area contributed by atoms with Gasteiger partial charge in [-0.15, -0.1) is 4.09 Å². The molecule has 1 N–H and O–H groups in total. The number of hydrogen-bond acceptors (Lipinski definition) is 9. The molecule has 0 radical (unpaired) electrons. The molecule has 4 rings (SSSR count). The number of anilines is 1. The highest BCUT2D eigenvalue weighted by Gasteiger charge is 2.39. The van der Waals surface area contributed by atoms with Gasteiger partial charge in [0.2, 0.25) is 0 Å². The Bertz CT molecular complexity index is 1390. The van der Waals surface area contributed by atoms with Gasteiger partial charge in [0, 0.05) is 6.54 Å². The fourth-order valence-electron chi connectivity index (χ4n) is 3.67. The van der Waals surface area contributed by atoms with Crippen LogP contribution >= 0.6 is 0 Å². The summed E-state index contributed by atoms with van der Waals surface area (Å²) in [6, 6.07) is 6.49. The SMILES string of the molecule is CC(C)(C)OC(=O)N1CC(F)[C@H](Nc2c([N+](=O)[O-])cnc3c2cnn3S(=O)(=O)c2ccccc2)C1. The molecule has 1 unspecified atom stereocenters. The number of hydrogen-bond donors (Lipinski definition) is 1. The number of nitro groups is 1. The van der Waals surface area contributed by atoms with Gasteiger partial charge in [-0.3, -0.25) is 10.1 Å². The normalized spacial score (nSPS) is 18.6. The number of nitrogens with one attached hydrogen (secondary N) is 1. The Labute approximate surface area is 199 Å². The van der Waals surface area contributed by atoms with Crippen molar-refractivity contribution < 1.29 is 27.3 Å². The standard InChI is InChI=1S/C21H23FN6O6S/c1-21(2,3)34-20(29)26-11-15(22)16(12-26)25-18-14-9-24-27(19(14)23-10-17(18)28(30)31)35(32,33)13-7-5-4-6-8-13/h4-10,15-16H,11-12H2,1-3H3,(H,23,25)/t15?,16-/m1/s1. The second kappa shape index (κ2) is 8.76. The Morgan fingerprint density at radius 2 is 1.91 bits per heavy atom. The van der Waals surface area contributed by atoms with Crippen LogP contribution in [0.1, 0.15) is 20.8 Å². The molecule has 1 fully saturated rings. The van der Waals surface area contributed by atoms with Crippen LogP contribution in [0.4, 0.5) is 20.6 Å². The van der Waals surface area contributed by atoms with E-state index in [1.165, 1.54) is 17.0 Å². The number of nitrogens with zero attached hydrogens (tertiary/aromatic N) is 5. The summed E-state index contributed by atoms with van der Waals surface area (Å²) >= 11 is 0. The Hall–Kier alpha value is -3.81. The molecule has 12 nitrogen and oxygen atoms in total. The molecule has 186 valence electrons. The van der Waals surface area contributed by atoms with Crippen molar-refractivity contribution in [2.75, 3.05) is 18.4 Å². The topological polar surface area (TPSA) is 150 Å². The lowest BCUT2D eigenvalue weighted by molar-refractivity contribution is -0.384. The highest BCUT2D eigenvalue weighted by Crippen LogP contribution is 2.34. The lowest BCUT2D eigenvalue weighted by Gasteiger charge is -2.24. The number of benzene rings is 1. The third-order valence-electron chi connectivity index (χ3n) is 5.24. The summed E-state index contributed by atoms with van der Waals surface area (Å²) in [7, 11) is -4.15. The van der Waals surface area contributed by atoms with E-state index in [9.17, 15) is 27.7 Å². The van der Waals surface area contributed by atoms with E-state index in [1.807, 2.05) is 0 Å². The van der Waals surface area contributed by atoms with Crippen molar-refractivity contribution in [3.63, 3.8) is 0 Å². The first-order chi connectivity index (χ1) is 16.4. The van der Waals surface area contributed by atoms with Crippen LogP contribution in [0.25, 0.3) is 11.0 Å². The number of rotatable bonds is 5. The average Bonchev–Trinajstić information content (AvgIpc) is 3.38. The molecule has 2 aromatic heterocycles. The molecule has 3 heterocycles. The van der Waals surface area contributed by atoms with E-state index < -0.39 is 44.5 Å². The van der Waals surface area contributed by atoms with Gasteiger partial charge in [0.15, 0.2) is 5.65 Å². The third-order valence-corrected chi connectivity index (χ3v) is 6.83. The molecule has 1 amide bonds. The molecule has 14 heteroatoms. The second-order valence-corrected chi connectivity index (χ2v) is 10.7. The van der Waals surface area contributed by atoms with Gasteiger partial charge < -0.3 is 15.0 Å². The van der Waals surface area contributed by atoms with E-state index in [-0.39, 0.29) is 34.7 Å². The lowest BCUT2D eigenvalue weighted by atomic mass is 10.2. The van der Waals surface area contributed by atoms with Gasteiger partial charge in [0.25, 0.3) is 10.0 Å². The predicted octanol–water partition coefficient (Wildman–Crippen LogP) is 2.95. The first kappa shape index (κ1) is 24.3. The Morgan fingerprint density at radius 3 is 2.54 bits per heavy atom. The highest BCUT2D eigenvalue weighted by atomic mass is 32.2. The van der Waals surface area contributed by atoms with Gasteiger partial charge in [0.1, 0.15) is 23.7 Å². The summed E-state index contributed by atoms with van der Waals surface area (Å²) < 4.78 is 46.9. The van der Waals surface area contributed by atoms with Crippen LogP contribution in [-0.4, -0.2) is 69.4 Å². The first-order valence-corrected chi connectivity index (χ1v) is 12.0. The van der Waals surface area contributed by atoms with Gasteiger partial charge >= 0.3 is 11.8 Å². The minimum Gasteiger partial charge on any atom is -0.444 e. The molecule has 0 aliphatic carbocycles. The number of ether oxygens (including phenoxy) is 1. The van der Waals surface area contributed by atoms with E-state index in [0.717, 1.165) is 12.4 Å². The number of alkyl halides is 1. The molecule has 0 spiro atoms. The molecular formula is C21H23FN6O6S. The Kier molecular flexibility index (Phi) is 6.09. The van der Waals surface area contributed by atoms with Crippen LogP contribution < -0.4 is 5.32 Å². The monoisotopic (exact) mass is 506 g/mol. The maximum atomic E-state index is 14.9. The number of aromatic nitrogens is 3. The molecule has 0 bridgehead atoms. The number of fused-ring (bicyclic) bond motifs is 1. The van der Waals surface area contributed by atoms with E-state index in [2.05, 4.69) is 15.4 Å². The largest absolute Gasteiger partial charge is 0.444 e. The predicted molar refractivity (Wildman–Crippen MR) is 123 cm³/mol. The summed E-state index contributed by atoms with van der Waals surface area (Å²) in [5.41, 5.74) is -1.58. The van der Waals surface area contributed by atoms with Gasteiger partial charge in [-0.2, -0.15) is 13.5 Å². The van der Waals surface area contributed by atoms with Crippen LogP contribution in [0.2, 0.25) is 0 Å². The zero-order chi connectivity index (χ0) is 25.5. The number of halogens is 1. The molecule has 1 saturated heterocycles. The number of likely N-dealkylation sites (tertiary alicyclic amines) is 1. The minimum absolute atomic E-state index is 0.0154. The van der Waals surface area contributed by atoms with Crippen molar-refractivity contribution >= 4 is 38.5 Å². The average molecular weight is 507 g/mol. The minimum atomic E-state index is -4.15.